The summed E-state index contributed by atoms with van der Waals surface area (Å²) in [6.45, 7) is 8.01. The first-order valence-corrected chi connectivity index (χ1v) is 13.8. The first kappa shape index (κ1) is 24.7. The van der Waals surface area contributed by atoms with Crippen molar-refractivity contribution in [2.75, 3.05) is 33.2 Å². The van der Waals surface area contributed by atoms with Gasteiger partial charge < -0.3 is 0 Å². The molecule has 0 radical (unpaired) electrons. The van der Waals surface area contributed by atoms with Crippen molar-refractivity contribution in [2.24, 2.45) is 4.99 Å². The summed E-state index contributed by atoms with van der Waals surface area (Å²) in [5.41, 5.74) is 0.978. The summed E-state index contributed by atoms with van der Waals surface area (Å²) in [7, 11) is -1.38. The van der Waals surface area contributed by atoms with Crippen LogP contribution in [0.5, 0.6) is 0 Å². The van der Waals surface area contributed by atoms with Gasteiger partial charge >= 0.3 is 195 Å². The van der Waals surface area contributed by atoms with Crippen molar-refractivity contribution >= 4 is 27.7 Å². The molecule has 5 atom stereocenters. The number of fused-ring (bicyclic) bond motifs is 1. The Morgan fingerprint density at radius 1 is 1.42 bits per heavy atom. The number of nitrogens with one attached hydrogen (secondary N) is 2. The predicted octanol–water partition coefficient (Wildman–Crippen LogP) is -0.821. The molecule has 4 aliphatic heterocycles. The molecule has 0 aromatic heterocycles. The zero-order valence-electron chi connectivity index (χ0n) is 19.7. The molecule has 2 fully saturated rings. The van der Waals surface area contributed by atoms with Gasteiger partial charge in [0.2, 0.25) is 0 Å². The number of nitrogens with zero attached hydrogens (tertiary/aromatic N) is 3. The van der Waals surface area contributed by atoms with Crippen LogP contribution in [0.25, 0.3) is 0 Å². The van der Waals surface area contributed by atoms with E-state index in [9.17, 15) is 9.90 Å². The van der Waals surface area contributed by atoms with E-state index in [1.165, 1.54) is 6.92 Å². The fraction of sp³-hybridized carbons (Fsp3) is 0.789. The number of carbonyl (C=O) groups excluding carboxylic acids is 1. The van der Waals surface area contributed by atoms with Crippen LogP contribution in [0.3, 0.4) is 0 Å². The summed E-state index contributed by atoms with van der Waals surface area (Å²) in [6, 6.07) is 0. The average molecular weight is 487 g/mol. The molecule has 0 aromatic rings. The molecule has 4 heterocycles. The van der Waals surface area contributed by atoms with Gasteiger partial charge in [-0.2, -0.15) is 0 Å². The van der Waals surface area contributed by atoms with Gasteiger partial charge in [0.05, 0.1) is 0 Å². The van der Waals surface area contributed by atoms with Gasteiger partial charge in [0.15, 0.2) is 0 Å². The Kier molecular flexibility index (Phi) is 7.79. The molecule has 2 saturated heterocycles. The summed E-state index contributed by atoms with van der Waals surface area (Å²) in [5, 5.41) is 17.9. The molecule has 0 aromatic carbocycles. The van der Waals surface area contributed by atoms with E-state index in [-0.39, 0.29) is 19.6 Å². The summed E-state index contributed by atoms with van der Waals surface area (Å²) in [4.78, 5) is 19.9. The van der Waals surface area contributed by atoms with Crippen molar-refractivity contribution in [3.8, 4) is 0 Å². The monoisotopic (exact) mass is 487 g/mol. The Bertz CT molecular complexity index is 786. The van der Waals surface area contributed by atoms with Crippen LogP contribution in [-0.2, 0) is 27.8 Å². The maximum atomic E-state index is 11.1. The van der Waals surface area contributed by atoms with Gasteiger partial charge in [-0.1, -0.05) is 0 Å². The van der Waals surface area contributed by atoms with Gasteiger partial charge in [0, 0.05) is 0 Å². The van der Waals surface area contributed by atoms with E-state index in [0.717, 1.165) is 37.4 Å². The quantitative estimate of drug-likeness (QED) is 0.163. The van der Waals surface area contributed by atoms with Crippen molar-refractivity contribution in [2.45, 2.75) is 64.3 Å². The summed E-state index contributed by atoms with van der Waals surface area (Å²) >= 11 is 0. The minimum absolute atomic E-state index is 0.00631. The maximum absolute atomic E-state index is 11.1. The van der Waals surface area contributed by atoms with Gasteiger partial charge in [-0.05, 0) is 0 Å². The van der Waals surface area contributed by atoms with Gasteiger partial charge in [0.25, 0.3) is 0 Å². The number of carbonyl (C=O) groups is 1. The molecule has 0 spiro atoms. The van der Waals surface area contributed by atoms with Crippen LogP contribution in [0.2, 0.25) is 0 Å². The molecular formula is C19H35BN5O7P. The topological polar surface area (TPSA) is 126 Å². The molecule has 12 nitrogen and oxygen atoms in total. The van der Waals surface area contributed by atoms with Crippen LogP contribution in [-0.4, -0.2) is 98.6 Å². The van der Waals surface area contributed by atoms with Crippen molar-refractivity contribution in [3.05, 3.63) is 11.5 Å². The molecule has 0 aliphatic carbocycles. The number of rotatable bonds is 9. The van der Waals surface area contributed by atoms with Gasteiger partial charge in [-0.15, -0.1) is 0 Å². The van der Waals surface area contributed by atoms with E-state index in [0.29, 0.717) is 6.67 Å². The Balaban J connectivity index is 1.45. The fourth-order valence-corrected chi connectivity index (χ4v) is 6.35. The SMILES string of the molecule is B[PH]1(OCOC(C)=O)OCC2OC(N3CNC4=C3N=CNC4N(CCC)CCC)C(O)[C@@H]2O1. The zero-order chi connectivity index (χ0) is 23.6. The third-order valence-electron chi connectivity index (χ3n) is 6.09. The molecule has 4 unspecified atom stereocenters. The molecule has 0 saturated carbocycles. The number of hydrogen-bond acceptors (Lipinski definition) is 12. The van der Waals surface area contributed by atoms with Crippen molar-refractivity contribution in [3.63, 3.8) is 0 Å². The van der Waals surface area contributed by atoms with E-state index >= 15 is 0 Å². The third-order valence-corrected chi connectivity index (χ3v) is 8.13. The first-order valence-electron chi connectivity index (χ1n) is 11.6. The second-order valence-corrected chi connectivity index (χ2v) is 11.2. The number of aliphatic hydroxyl groups is 1. The number of aliphatic imine (C=N–C) groups is 1. The fourth-order valence-electron chi connectivity index (χ4n) is 4.60. The number of aliphatic hydroxyl groups excluding tert-OH is 1. The minimum atomic E-state index is -3.09. The molecule has 0 bridgehead atoms. The molecule has 3 N–H and O–H groups in total. The first-order chi connectivity index (χ1) is 15.9. The van der Waals surface area contributed by atoms with Crippen LogP contribution in [0, 0.1) is 0 Å². The Hall–Kier alpha value is -1.47. The molecule has 4 rings (SSSR count). The number of ether oxygens (including phenoxy) is 2. The normalized spacial score (nSPS) is 33.4. The standard InChI is InChI=1S/C19H35BN5O7P/c1-4-6-24(7-5-2)17-14-18(22-9-21-17)25(10-23-14)19-15(27)16-13(31-19)8-29-33(20,32-16)30-11-28-12(3)26/h9,13,15-17,19,23,27,33H,4-8,10-11,20H2,1-3H3,(H,21,22)/t13?,15?,16-,17?,19?/m1/s1. The van der Waals surface area contributed by atoms with E-state index in [1.54, 1.807) is 13.9 Å². The second-order valence-electron chi connectivity index (χ2n) is 8.61. The van der Waals surface area contributed by atoms with Crippen LogP contribution >= 0.6 is 7.82 Å². The molecule has 33 heavy (non-hydrogen) atoms. The third kappa shape index (κ3) is 5.14. The summed E-state index contributed by atoms with van der Waals surface area (Å²) < 4.78 is 28.4. The van der Waals surface area contributed by atoms with Crippen molar-refractivity contribution < 1.29 is 32.9 Å². The second kappa shape index (κ2) is 10.4. The summed E-state index contributed by atoms with van der Waals surface area (Å²) in [5.74, 6) is 0.305. The molecular weight excluding hydrogens is 452 g/mol. The van der Waals surface area contributed by atoms with E-state index in [1.807, 2.05) is 4.90 Å². The Labute approximate surface area is 195 Å². The summed E-state index contributed by atoms with van der Waals surface area (Å²) in [6.07, 6.45) is 1.18. The van der Waals surface area contributed by atoms with Gasteiger partial charge in [-0.25, -0.2) is 0 Å². The van der Waals surface area contributed by atoms with Crippen LogP contribution < -0.4 is 10.6 Å². The Morgan fingerprint density at radius 3 is 2.88 bits per heavy atom. The number of hydrogen-bond donors (Lipinski definition) is 3. The van der Waals surface area contributed by atoms with Crippen molar-refractivity contribution in [1.29, 1.82) is 0 Å². The Morgan fingerprint density at radius 2 is 2.18 bits per heavy atom. The molecule has 4 aliphatic rings. The number of esters is 1. The van der Waals surface area contributed by atoms with Crippen LogP contribution in [0.15, 0.2) is 16.5 Å². The van der Waals surface area contributed by atoms with Crippen LogP contribution in [0.4, 0.5) is 0 Å². The van der Waals surface area contributed by atoms with Gasteiger partial charge in [-0.3, -0.25) is 0 Å². The van der Waals surface area contributed by atoms with Gasteiger partial charge in [0.1, 0.15) is 0 Å². The average Bonchev–Trinajstić information content (AvgIpc) is 3.34. The predicted molar refractivity (Wildman–Crippen MR) is 125 cm³/mol. The van der Waals surface area contributed by atoms with Crippen molar-refractivity contribution in [1.82, 2.24) is 20.4 Å². The van der Waals surface area contributed by atoms with E-state index in [4.69, 9.17) is 23.0 Å². The molecule has 14 heteroatoms. The zero-order valence-corrected chi connectivity index (χ0v) is 20.7. The van der Waals surface area contributed by atoms with E-state index < -0.39 is 38.3 Å². The molecule has 0 amide bonds. The van der Waals surface area contributed by atoms with E-state index in [2.05, 4.69) is 34.4 Å². The van der Waals surface area contributed by atoms with Crippen LogP contribution in [0.1, 0.15) is 33.6 Å². The molecule has 186 valence electrons.